The molecule has 10 nitrogen and oxygen atoms in total. The lowest BCUT2D eigenvalue weighted by Gasteiger charge is -2.18. The highest BCUT2D eigenvalue weighted by Crippen LogP contribution is 2.27. The first-order chi connectivity index (χ1) is 14.7. The lowest BCUT2D eigenvalue weighted by molar-refractivity contribution is -0.123. The van der Waals surface area contributed by atoms with Crippen LogP contribution in [0.5, 0.6) is 0 Å². The van der Waals surface area contributed by atoms with Crippen molar-refractivity contribution in [2.75, 3.05) is 12.3 Å². The molecule has 150 valence electrons. The minimum absolute atomic E-state index is 0.132. The number of furan rings is 1. The standard InChI is InChI=1S/C20H18N8O2/c1-2-22-19(29)15(12-7-4-3-5-8-12)27-18-13(11-23-27)17-24-16(14-9-6-10-30-14)26-28(17)20(21)25-18/h3-11,15H,2H2,1H3,(H2,21,25)(H,22,29). The Labute approximate surface area is 170 Å². The Morgan fingerprint density at radius 3 is 2.73 bits per heavy atom. The third kappa shape index (κ3) is 2.77. The highest BCUT2D eigenvalue weighted by Gasteiger charge is 2.27. The fourth-order valence-corrected chi connectivity index (χ4v) is 3.44. The molecule has 0 radical (unpaired) electrons. The van der Waals surface area contributed by atoms with E-state index in [0.717, 1.165) is 5.56 Å². The number of nitrogens with two attached hydrogens (primary N) is 1. The molecule has 4 heterocycles. The van der Waals surface area contributed by atoms with Gasteiger partial charge in [0.2, 0.25) is 17.7 Å². The van der Waals surface area contributed by atoms with Crippen molar-refractivity contribution >= 4 is 28.5 Å². The van der Waals surface area contributed by atoms with Crippen LogP contribution in [0.4, 0.5) is 5.95 Å². The van der Waals surface area contributed by atoms with Crippen molar-refractivity contribution in [1.82, 2.24) is 34.7 Å². The van der Waals surface area contributed by atoms with Gasteiger partial charge in [0.1, 0.15) is 0 Å². The number of benzene rings is 1. The van der Waals surface area contributed by atoms with Gasteiger partial charge in [-0.05, 0) is 24.6 Å². The second-order valence-corrected chi connectivity index (χ2v) is 6.65. The molecular weight excluding hydrogens is 384 g/mol. The summed E-state index contributed by atoms with van der Waals surface area (Å²) >= 11 is 0. The van der Waals surface area contributed by atoms with E-state index >= 15 is 0 Å². The average molecular weight is 402 g/mol. The lowest BCUT2D eigenvalue weighted by atomic mass is 10.1. The molecule has 5 aromatic rings. The van der Waals surface area contributed by atoms with Crippen LogP contribution in [-0.2, 0) is 4.79 Å². The maximum Gasteiger partial charge on any atom is 0.249 e. The first kappa shape index (κ1) is 17.9. The molecule has 3 N–H and O–H groups in total. The van der Waals surface area contributed by atoms with Crippen LogP contribution >= 0.6 is 0 Å². The van der Waals surface area contributed by atoms with Crippen LogP contribution in [0.2, 0.25) is 0 Å². The van der Waals surface area contributed by atoms with Crippen molar-refractivity contribution in [2.45, 2.75) is 13.0 Å². The van der Waals surface area contributed by atoms with Crippen molar-refractivity contribution < 1.29 is 9.21 Å². The third-order valence-electron chi connectivity index (χ3n) is 4.76. The molecule has 10 heteroatoms. The molecule has 1 amide bonds. The Morgan fingerprint density at radius 2 is 2.00 bits per heavy atom. The summed E-state index contributed by atoms with van der Waals surface area (Å²) in [5.41, 5.74) is 7.88. The number of amides is 1. The molecule has 0 saturated heterocycles. The molecule has 5 rings (SSSR count). The number of nitrogen functional groups attached to an aromatic ring is 1. The van der Waals surface area contributed by atoms with Crippen molar-refractivity contribution in [3.63, 3.8) is 0 Å². The highest BCUT2D eigenvalue weighted by atomic mass is 16.3. The SMILES string of the molecule is CCNC(=O)C(c1ccccc1)n1ncc2c1nc(N)n1nc(-c3ccco3)nc21. The van der Waals surface area contributed by atoms with Gasteiger partial charge < -0.3 is 15.5 Å². The van der Waals surface area contributed by atoms with E-state index in [1.54, 1.807) is 29.3 Å². The number of anilines is 1. The van der Waals surface area contributed by atoms with Gasteiger partial charge in [-0.25, -0.2) is 9.67 Å². The molecule has 4 aromatic heterocycles. The third-order valence-corrected chi connectivity index (χ3v) is 4.76. The zero-order chi connectivity index (χ0) is 20.7. The summed E-state index contributed by atoms with van der Waals surface area (Å²) in [6, 6.07) is 12.2. The van der Waals surface area contributed by atoms with Crippen molar-refractivity contribution in [3.05, 3.63) is 60.5 Å². The zero-order valence-corrected chi connectivity index (χ0v) is 16.1. The van der Waals surface area contributed by atoms with Crippen LogP contribution in [-0.4, -0.2) is 41.8 Å². The van der Waals surface area contributed by atoms with Crippen molar-refractivity contribution in [3.8, 4) is 11.6 Å². The highest BCUT2D eigenvalue weighted by molar-refractivity contribution is 5.92. The van der Waals surface area contributed by atoms with E-state index in [2.05, 4.69) is 25.5 Å². The number of carbonyl (C=O) groups is 1. The molecule has 0 aliphatic rings. The molecular formula is C20H18N8O2. The van der Waals surface area contributed by atoms with Crippen LogP contribution < -0.4 is 11.1 Å². The maximum absolute atomic E-state index is 12.9. The monoisotopic (exact) mass is 402 g/mol. The minimum Gasteiger partial charge on any atom is -0.461 e. The predicted octanol–water partition coefficient (Wildman–Crippen LogP) is 2.04. The number of hydrogen-bond acceptors (Lipinski definition) is 7. The number of carbonyl (C=O) groups excluding carboxylic acids is 1. The number of hydrogen-bond donors (Lipinski definition) is 2. The summed E-state index contributed by atoms with van der Waals surface area (Å²) in [5.74, 6) is 0.846. The molecule has 0 aliphatic carbocycles. The van der Waals surface area contributed by atoms with E-state index in [9.17, 15) is 4.79 Å². The average Bonchev–Trinajstić information content (AvgIpc) is 3.49. The summed E-state index contributed by atoms with van der Waals surface area (Å²) in [7, 11) is 0. The van der Waals surface area contributed by atoms with Gasteiger partial charge in [-0.3, -0.25) is 4.79 Å². The Bertz CT molecular complexity index is 1340. The Morgan fingerprint density at radius 1 is 1.17 bits per heavy atom. The van der Waals surface area contributed by atoms with Gasteiger partial charge in [0.15, 0.2) is 23.1 Å². The van der Waals surface area contributed by atoms with Crippen molar-refractivity contribution in [1.29, 1.82) is 0 Å². The van der Waals surface area contributed by atoms with E-state index in [-0.39, 0.29) is 11.9 Å². The van der Waals surface area contributed by atoms with E-state index < -0.39 is 6.04 Å². The fourth-order valence-electron chi connectivity index (χ4n) is 3.44. The number of aromatic nitrogens is 6. The van der Waals surface area contributed by atoms with Gasteiger partial charge in [0.25, 0.3) is 0 Å². The summed E-state index contributed by atoms with van der Waals surface area (Å²) in [5, 5.41) is 12.4. The fraction of sp³-hybridized carbons (Fsp3) is 0.150. The Hall–Kier alpha value is -4.21. The Kier molecular flexibility index (Phi) is 4.16. The number of rotatable bonds is 5. The van der Waals surface area contributed by atoms with Crippen LogP contribution in [0.3, 0.4) is 0 Å². The number of fused-ring (bicyclic) bond motifs is 3. The minimum atomic E-state index is -0.703. The summed E-state index contributed by atoms with van der Waals surface area (Å²) < 4.78 is 8.39. The molecule has 30 heavy (non-hydrogen) atoms. The molecule has 0 bridgehead atoms. The van der Waals surface area contributed by atoms with E-state index in [0.29, 0.717) is 34.8 Å². The number of nitrogens with one attached hydrogen (secondary N) is 1. The van der Waals surface area contributed by atoms with Gasteiger partial charge >= 0.3 is 0 Å². The van der Waals surface area contributed by atoms with Crippen LogP contribution in [0.25, 0.3) is 28.3 Å². The first-order valence-corrected chi connectivity index (χ1v) is 9.43. The van der Waals surface area contributed by atoms with Gasteiger partial charge in [-0.2, -0.15) is 14.6 Å². The van der Waals surface area contributed by atoms with Gasteiger partial charge in [-0.15, -0.1) is 5.10 Å². The Balaban J connectivity index is 1.72. The normalized spacial score (nSPS) is 12.4. The quantitative estimate of drug-likeness (QED) is 0.460. The van der Waals surface area contributed by atoms with Crippen LogP contribution in [0, 0.1) is 0 Å². The first-order valence-electron chi connectivity index (χ1n) is 9.43. The number of nitrogens with zero attached hydrogens (tertiary/aromatic N) is 6. The predicted molar refractivity (Wildman–Crippen MR) is 109 cm³/mol. The topological polar surface area (TPSA) is 129 Å². The molecule has 0 fully saturated rings. The van der Waals surface area contributed by atoms with E-state index in [1.807, 2.05) is 37.3 Å². The molecule has 1 atom stereocenters. The van der Waals surface area contributed by atoms with Gasteiger partial charge in [0, 0.05) is 6.54 Å². The van der Waals surface area contributed by atoms with Gasteiger partial charge in [-0.1, -0.05) is 30.3 Å². The molecule has 1 unspecified atom stereocenters. The van der Waals surface area contributed by atoms with Crippen LogP contribution in [0.1, 0.15) is 18.5 Å². The summed E-state index contributed by atoms with van der Waals surface area (Å²) in [6.07, 6.45) is 3.17. The second kappa shape index (κ2) is 6.99. The van der Waals surface area contributed by atoms with Gasteiger partial charge in [0.05, 0.1) is 17.8 Å². The second-order valence-electron chi connectivity index (χ2n) is 6.65. The molecule has 1 aromatic carbocycles. The number of likely N-dealkylation sites (N-methyl/N-ethyl adjacent to an activating group) is 1. The van der Waals surface area contributed by atoms with Crippen molar-refractivity contribution in [2.24, 2.45) is 0 Å². The molecule has 0 saturated carbocycles. The summed E-state index contributed by atoms with van der Waals surface area (Å²) in [6.45, 7) is 2.37. The largest absolute Gasteiger partial charge is 0.461 e. The maximum atomic E-state index is 12.9. The van der Waals surface area contributed by atoms with E-state index in [1.165, 1.54) is 4.52 Å². The smallest absolute Gasteiger partial charge is 0.249 e. The van der Waals surface area contributed by atoms with E-state index in [4.69, 9.17) is 10.2 Å². The lowest BCUT2D eigenvalue weighted by Crippen LogP contribution is -2.33. The molecule has 0 aliphatic heterocycles. The summed E-state index contributed by atoms with van der Waals surface area (Å²) in [4.78, 5) is 21.9. The molecule has 0 spiro atoms. The zero-order valence-electron chi connectivity index (χ0n) is 16.1. The van der Waals surface area contributed by atoms with Crippen LogP contribution in [0.15, 0.2) is 59.3 Å².